The summed E-state index contributed by atoms with van der Waals surface area (Å²) in [7, 11) is 0. The largest absolute Gasteiger partial charge is 0.457 e. The summed E-state index contributed by atoms with van der Waals surface area (Å²) < 4.78 is 5.46. The maximum absolute atomic E-state index is 11.5. The zero-order chi connectivity index (χ0) is 12.1. The van der Waals surface area contributed by atoms with Crippen LogP contribution in [0.2, 0.25) is 0 Å². The van der Waals surface area contributed by atoms with Gasteiger partial charge in [0.15, 0.2) is 4.67 Å². The first-order valence-corrected chi connectivity index (χ1v) is 5.75. The first-order valence-electron chi connectivity index (χ1n) is 4.96. The van der Waals surface area contributed by atoms with Crippen molar-refractivity contribution in [3.8, 4) is 0 Å². The third-order valence-electron chi connectivity index (χ3n) is 2.08. The minimum Gasteiger partial charge on any atom is -0.457 e. The molecule has 0 radical (unpaired) electrons. The van der Waals surface area contributed by atoms with Crippen LogP contribution in [0.3, 0.4) is 0 Å². The van der Waals surface area contributed by atoms with Crippen molar-refractivity contribution in [1.82, 2.24) is 5.48 Å². The molecule has 0 aliphatic rings. The van der Waals surface area contributed by atoms with Crippen LogP contribution in [0.4, 0.5) is 0 Å². The van der Waals surface area contributed by atoms with Gasteiger partial charge in [0.05, 0.1) is 12.2 Å². The molecule has 17 heavy (non-hydrogen) atoms. The molecule has 0 saturated carbocycles. The Kier molecular flexibility index (Phi) is 3.95. The molecule has 0 saturated heterocycles. The molecule has 0 aliphatic heterocycles. The van der Waals surface area contributed by atoms with Crippen molar-refractivity contribution in [2.75, 3.05) is 0 Å². The van der Waals surface area contributed by atoms with E-state index < -0.39 is 0 Å². The van der Waals surface area contributed by atoms with Gasteiger partial charge in [-0.2, -0.15) is 0 Å². The fourth-order valence-electron chi connectivity index (χ4n) is 1.25. The van der Waals surface area contributed by atoms with Gasteiger partial charge in [-0.05, 0) is 21.5 Å². The number of hydrogen-bond donors (Lipinski definition) is 1. The van der Waals surface area contributed by atoms with Crippen molar-refractivity contribution in [1.29, 1.82) is 0 Å². The first kappa shape index (κ1) is 11.9. The number of nitrogens with one attached hydrogen (secondary N) is 1. The second kappa shape index (κ2) is 5.65. The molecule has 1 amide bonds. The van der Waals surface area contributed by atoms with Gasteiger partial charge in [0, 0.05) is 6.07 Å². The summed E-state index contributed by atoms with van der Waals surface area (Å²) in [6, 6.07) is 11.1. The van der Waals surface area contributed by atoms with Gasteiger partial charge in [-0.1, -0.05) is 30.3 Å². The third kappa shape index (κ3) is 3.44. The van der Waals surface area contributed by atoms with E-state index in [-0.39, 0.29) is 5.91 Å². The molecule has 5 heteroatoms. The van der Waals surface area contributed by atoms with Crippen LogP contribution in [0, 0.1) is 0 Å². The zero-order valence-electron chi connectivity index (χ0n) is 8.85. The molecule has 1 aromatic carbocycles. The SMILES string of the molecule is O=C(NOCc1ccccc1)c1coc(Br)c1. The lowest BCUT2D eigenvalue weighted by molar-refractivity contribution is 0.0233. The molecule has 2 rings (SSSR count). The quantitative estimate of drug-likeness (QED) is 0.883. The van der Waals surface area contributed by atoms with Crippen molar-refractivity contribution < 1.29 is 14.0 Å². The average Bonchev–Trinajstić information content (AvgIpc) is 2.77. The summed E-state index contributed by atoms with van der Waals surface area (Å²) in [5, 5.41) is 0. The third-order valence-corrected chi connectivity index (χ3v) is 2.49. The summed E-state index contributed by atoms with van der Waals surface area (Å²) in [4.78, 5) is 16.6. The van der Waals surface area contributed by atoms with Gasteiger partial charge in [-0.3, -0.25) is 9.63 Å². The highest BCUT2D eigenvalue weighted by Gasteiger charge is 2.08. The summed E-state index contributed by atoms with van der Waals surface area (Å²) in [5.41, 5.74) is 3.74. The predicted molar refractivity (Wildman–Crippen MR) is 65.1 cm³/mol. The van der Waals surface area contributed by atoms with E-state index in [0.29, 0.717) is 16.8 Å². The van der Waals surface area contributed by atoms with Crippen molar-refractivity contribution in [2.45, 2.75) is 6.61 Å². The molecular formula is C12H10BrNO3. The number of hydroxylamine groups is 1. The second-order valence-electron chi connectivity index (χ2n) is 3.34. The average molecular weight is 296 g/mol. The monoisotopic (exact) mass is 295 g/mol. The number of carbonyl (C=O) groups excluding carboxylic acids is 1. The van der Waals surface area contributed by atoms with Crippen molar-refractivity contribution in [2.24, 2.45) is 0 Å². The van der Waals surface area contributed by atoms with Crippen LogP contribution in [0.25, 0.3) is 0 Å². The summed E-state index contributed by atoms with van der Waals surface area (Å²) in [5.74, 6) is -0.338. The van der Waals surface area contributed by atoms with Crippen molar-refractivity contribution in [3.63, 3.8) is 0 Å². The van der Waals surface area contributed by atoms with Crippen LogP contribution in [0.15, 0.2) is 51.7 Å². The van der Waals surface area contributed by atoms with Gasteiger partial charge in [0.25, 0.3) is 5.91 Å². The number of amides is 1. The van der Waals surface area contributed by atoms with Crippen LogP contribution < -0.4 is 5.48 Å². The summed E-state index contributed by atoms with van der Waals surface area (Å²) in [6.07, 6.45) is 1.35. The number of halogens is 1. The lowest BCUT2D eigenvalue weighted by Gasteiger charge is -2.04. The standard InChI is InChI=1S/C12H10BrNO3/c13-11-6-10(8-16-11)12(15)14-17-7-9-4-2-1-3-5-9/h1-6,8H,7H2,(H,14,15). The van der Waals surface area contributed by atoms with Crippen molar-refractivity contribution in [3.05, 3.63) is 58.5 Å². The molecule has 1 N–H and O–H groups in total. The van der Waals surface area contributed by atoms with E-state index in [4.69, 9.17) is 9.25 Å². The van der Waals surface area contributed by atoms with Gasteiger partial charge < -0.3 is 4.42 Å². The van der Waals surface area contributed by atoms with E-state index >= 15 is 0 Å². The molecule has 88 valence electrons. The number of benzene rings is 1. The maximum atomic E-state index is 11.5. The second-order valence-corrected chi connectivity index (χ2v) is 4.13. The fraction of sp³-hybridized carbons (Fsp3) is 0.0833. The highest BCUT2D eigenvalue weighted by molar-refractivity contribution is 9.10. The number of furan rings is 1. The Bertz CT molecular complexity index is 495. The molecule has 0 spiro atoms. The Balaban J connectivity index is 1.81. The number of rotatable bonds is 4. The minimum absolute atomic E-state index is 0.325. The van der Waals surface area contributed by atoms with E-state index in [9.17, 15) is 4.79 Å². The molecule has 0 bridgehead atoms. The lowest BCUT2D eigenvalue weighted by Crippen LogP contribution is -2.22. The van der Waals surface area contributed by atoms with Crippen LogP contribution in [0.1, 0.15) is 15.9 Å². The van der Waals surface area contributed by atoms with E-state index in [0.717, 1.165) is 5.56 Å². The molecular weight excluding hydrogens is 286 g/mol. The van der Waals surface area contributed by atoms with Gasteiger partial charge >= 0.3 is 0 Å². The fourth-order valence-corrected chi connectivity index (χ4v) is 1.59. The molecule has 0 unspecified atom stereocenters. The van der Waals surface area contributed by atoms with Crippen LogP contribution in [-0.4, -0.2) is 5.91 Å². The molecule has 0 atom stereocenters. The minimum atomic E-state index is -0.338. The predicted octanol–water partition coefficient (Wildman–Crippen LogP) is 2.90. The van der Waals surface area contributed by atoms with Gasteiger partial charge in [0.1, 0.15) is 6.26 Å². The van der Waals surface area contributed by atoms with E-state index in [1.807, 2.05) is 30.3 Å². The highest BCUT2D eigenvalue weighted by Crippen LogP contribution is 2.13. The highest BCUT2D eigenvalue weighted by atomic mass is 79.9. The van der Waals surface area contributed by atoms with Crippen LogP contribution in [-0.2, 0) is 11.4 Å². The van der Waals surface area contributed by atoms with Crippen LogP contribution >= 0.6 is 15.9 Å². The summed E-state index contributed by atoms with van der Waals surface area (Å²) >= 11 is 3.12. The molecule has 4 nitrogen and oxygen atoms in total. The summed E-state index contributed by atoms with van der Waals surface area (Å²) in [6.45, 7) is 0.325. The maximum Gasteiger partial charge on any atom is 0.278 e. The molecule has 0 fully saturated rings. The Morgan fingerprint density at radius 2 is 2.12 bits per heavy atom. The zero-order valence-corrected chi connectivity index (χ0v) is 10.4. The topological polar surface area (TPSA) is 51.5 Å². The Morgan fingerprint density at radius 1 is 1.35 bits per heavy atom. The van der Waals surface area contributed by atoms with Gasteiger partial charge in [-0.15, -0.1) is 0 Å². The number of carbonyl (C=O) groups is 1. The Hall–Kier alpha value is -1.59. The van der Waals surface area contributed by atoms with E-state index in [1.54, 1.807) is 6.07 Å². The van der Waals surface area contributed by atoms with E-state index in [1.165, 1.54) is 6.26 Å². The smallest absolute Gasteiger partial charge is 0.278 e. The van der Waals surface area contributed by atoms with Gasteiger partial charge in [-0.25, -0.2) is 5.48 Å². The van der Waals surface area contributed by atoms with Crippen molar-refractivity contribution >= 4 is 21.8 Å². The molecule has 0 aliphatic carbocycles. The Morgan fingerprint density at radius 3 is 2.76 bits per heavy atom. The molecule has 1 aromatic heterocycles. The van der Waals surface area contributed by atoms with Crippen LogP contribution in [0.5, 0.6) is 0 Å². The molecule has 2 aromatic rings. The molecule has 1 heterocycles. The van der Waals surface area contributed by atoms with Gasteiger partial charge in [0.2, 0.25) is 0 Å². The lowest BCUT2D eigenvalue weighted by atomic mass is 10.2. The number of hydrogen-bond acceptors (Lipinski definition) is 3. The van der Waals surface area contributed by atoms with E-state index in [2.05, 4.69) is 21.4 Å². The normalized spacial score (nSPS) is 10.2. The first-order chi connectivity index (χ1) is 8.25. The Labute approximate surface area is 107 Å².